The molecule has 0 aromatic heterocycles. The molecule has 0 spiro atoms. The first-order valence-electron chi connectivity index (χ1n) is 3.57. The third kappa shape index (κ3) is 5.60. The van der Waals surface area contributed by atoms with Crippen molar-refractivity contribution < 1.29 is 9.90 Å². The Morgan fingerprint density at radius 3 is 2.40 bits per heavy atom. The van der Waals surface area contributed by atoms with Crippen LogP contribution in [-0.4, -0.2) is 11.1 Å². The quantitative estimate of drug-likeness (QED) is 0.653. The van der Waals surface area contributed by atoms with Crippen molar-refractivity contribution in [2.45, 2.75) is 26.7 Å². The van der Waals surface area contributed by atoms with Crippen LogP contribution in [0.3, 0.4) is 0 Å². The number of carboxylic acids is 1. The summed E-state index contributed by atoms with van der Waals surface area (Å²) in [5.74, 6) is -0.139. The molecule has 0 heterocycles. The lowest BCUT2D eigenvalue weighted by molar-refractivity contribution is -0.137. The van der Waals surface area contributed by atoms with Crippen molar-refractivity contribution in [1.82, 2.24) is 0 Å². The highest BCUT2D eigenvalue weighted by molar-refractivity contribution is 5.67. The Labute approximate surface area is 62.2 Å². The fraction of sp³-hybridized carbons (Fsp3) is 0.750. The molecule has 59 valence electrons. The molecule has 10 heavy (non-hydrogen) atoms. The number of rotatable bonds is 4. The molecule has 0 saturated heterocycles. The fourth-order valence-electron chi connectivity index (χ4n) is 0.997. The van der Waals surface area contributed by atoms with Crippen LogP contribution in [0, 0.1) is 18.8 Å². The molecule has 2 heteroatoms. The number of hydrogen-bond donors (Lipinski definition) is 1. The van der Waals surface area contributed by atoms with Gasteiger partial charge < -0.3 is 5.11 Å². The number of carbonyl (C=O) groups is 1. The maximum Gasteiger partial charge on any atom is 0.303 e. The molecule has 0 amide bonds. The van der Waals surface area contributed by atoms with Gasteiger partial charge in [-0.2, -0.15) is 0 Å². The third-order valence-corrected chi connectivity index (χ3v) is 1.27. The van der Waals surface area contributed by atoms with Crippen LogP contribution in [0.5, 0.6) is 0 Å². The SMILES string of the molecule is [CH2]C(CC(=O)O)CC(C)C. The van der Waals surface area contributed by atoms with Crippen LogP contribution >= 0.6 is 0 Å². The van der Waals surface area contributed by atoms with Gasteiger partial charge in [0.15, 0.2) is 0 Å². The Hall–Kier alpha value is -0.530. The summed E-state index contributed by atoms with van der Waals surface area (Å²) in [5, 5.41) is 8.36. The summed E-state index contributed by atoms with van der Waals surface area (Å²) in [6, 6.07) is 0. The van der Waals surface area contributed by atoms with E-state index in [9.17, 15) is 4.79 Å². The first-order valence-corrected chi connectivity index (χ1v) is 3.57. The topological polar surface area (TPSA) is 37.3 Å². The highest BCUT2D eigenvalue weighted by Gasteiger charge is 2.08. The summed E-state index contributed by atoms with van der Waals surface area (Å²) in [4.78, 5) is 10.2. The Morgan fingerprint density at radius 1 is 1.60 bits per heavy atom. The Kier molecular flexibility index (Phi) is 4.08. The summed E-state index contributed by atoms with van der Waals surface area (Å²) in [6.45, 7) is 7.88. The zero-order valence-electron chi connectivity index (χ0n) is 6.63. The number of carboxylic acid groups (broad SMARTS) is 1. The molecule has 0 aromatic rings. The summed E-state index contributed by atoms with van der Waals surface area (Å²) in [5.41, 5.74) is 0. The van der Waals surface area contributed by atoms with Crippen molar-refractivity contribution in [3.05, 3.63) is 6.92 Å². The van der Waals surface area contributed by atoms with Crippen molar-refractivity contribution in [2.24, 2.45) is 11.8 Å². The van der Waals surface area contributed by atoms with Crippen LogP contribution in [-0.2, 0) is 4.79 Å². The van der Waals surface area contributed by atoms with Gasteiger partial charge in [-0.15, -0.1) is 0 Å². The zero-order valence-corrected chi connectivity index (χ0v) is 6.63. The second-order valence-electron chi connectivity index (χ2n) is 3.09. The Bertz CT molecular complexity index is 108. The third-order valence-electron chi connectivity index (χ3n) is 1.27. The molecule has 0 saturated carbocycles. The van der Waals surface area contributed by atoms with Crippen molar-refractivity contribution in [3.8, 4) is 0 Å². The minimum Gasteiger partial charge on any atom is -0.481 e. The van der Waals surface area contributed by atoms with Crippen molar-refractivity contribution in [3.63, 3.8) is 0 Å². The Balaban J connectivity index is 3.43. The predicted octanol–water partition coefficient (Wildman–Crippen LogP) is 1.96. The maximum absolute atomic E-state index is 10.2. The van der Waals surface area contributed by atoms with Crippen molar-refractivity contribution in [2.75, 3.05) is 0 Å². The first-order chi connectivity index (χ1) is 4.52. The molecule has 1 unspecified atom stereocenters. The Morgan fingerprint density at radius 2 is 2.10 bits per heavy atom. The number of aliphatic carboxylic acids is 1. The molecule has 1 N–H and O–H groups in total. The molecular weight excluding hydrogens is 128 g/mol. The van der Waals surface area contributed by atoms with Crippen LogP contribution in [0.25, 0.3) is 0 Å². The summed E-state index contributed by atoms with van der Waals surface area (Å²) in [6.07, 6.45) is 1.09. The lowest BCUT2D eigenvalue weighted by Crippen LogP contribution is -2.06. The second kappa shape index (κ2) is 4.31. The molecule has 0 bridgehead atoms. The van der Waals surface area contributed by atoms with Gasteiger partial charge in [-0.05, 0) is 25.2 Å². The van der Waals surface area contributed by atoms with Gasteiger partial charge >= 0.3 is 5.97 Å². The minimum atomic E-state index is -0.749. The number of hydrogen-bond acceptors (Lipinski definition) is 1. The van der Waals surface area contributed by atoms with Gasteiger partial charge in [0.2, 0.25) is 0 Å². The van der Waals surface area contributed by atoms with Gasteiger partial charge in [0.1, 0.15) is 0 Å². The van der Waals surface area contributed by atoms with E-state index in [0.717, 1.165) is 6.42 Å². The molecule has 0 aliphatic rings. The monoisotopic (exact) mass is 143 g/mol. The molecule has 0 aliphatic heterocycles. The van der Waals surface area contributed by atoms with E-state index in [0.29, 0.717) is 5.92 Å². The highest BCUT2D eigenvalue weighted by atomic mass is 16.4. The molecule has 2 nitrogen and oxygen atoms in total. The van der Waals surface area contributed by atoms with Crippen LogP contribution in [0.4, 0.5) is 0 Å². The van der Waals surface area contributed by atoms with E-state index in [1.807, 2.05) is 0 Å². The van der Waals surface area contributed by atoms with Gasteiger partial charge in [0.05, 0.1) is 0 Å². The maximum atomic E-state index is 10.2. The molecule has 1 radical (unpaired) electrons. The van der Waals surface area contributed by atoms with Crippen molar-refractivity contribution >= 4 is 5.97 Å². The van der Waals surface area contributed by atoms with Gasteiger partial charge in [-0.3, -0.25) is 4.79 Å². The lowest BCUT2D eigenvalue weighted by atomic mass is 9.96. The molecule has 0 aliphatic carbocycles. The highest BCUT2D eigenvalue weighted by Crippen LogP contribution is 2.13. The van der Waals surface area contributed by atoms with E-state index in [4.69, 9.17) is 5.11 Å². The van der Waals surface area contributed by atoms with E-state index in [2.05, 4.69) is 20.8 Å². The zero-order chi connectivity index (χ0) is 8.15. The van der Waals surface area contributed by atoms with Crippen molar-refractivity contribution in [1.29, 1.82) is 0 Å². The summed E-state index contributed by atoms with van der Waals surface area (Å²) in [7, 11) is 0. The average Bonchev–Trinajstić information content (AvgIpc) is 1.58. The van der Waals surface area contributed by atoms with Gasteiger partial charge in [-0.1, -0.05) is 13.8 Å². The van der Waals surface area contributed by atoms with E-state index < -0.39 is 5.97 Å². The summed E-state index contributed by atoms with van der Waals surface area (Å²) >= 11 is 0. The van der Waals surface area contributed by atoms with Crippen LogP contribution in [0.15, 0.2) is 0 Å². The molecule has 0 fully saturated rings. The molecule has 0 rings (SSSR count). The van der Waals surface area contributed by atoms with E-state index in [-0.39, 0.29) is 12.3 Å². The van der Waals surface area contributed by atoms with Crippen LogP contribution in [0.2, 0.25) is 0 Å². The largest absolute Gasteiger partial charge is 0.481 e. The smallest absolute Gasteiger partial charge is 0.303 e. The fourth-order valence-corrected chi connectivity index (χ4v) is 0.997. The molecule has 0 aromatic carbocycles. The average molecular weight is 143 g/mol. The van der Waals surface area contributed by atoms with E-state index in [1.54, 1.807) is 0 Å². The summed E-state index contributed by atoms with van der Waals surface area (Å²) < 4.78 is 0. The molecule has 1 atom stereocenters. The van der Waals surface area contributed by atoms with E-state index in [1.165, 1.54) is 0 Å². The first kappa shape index (κ1) is 9.47. The standard InChI is InChI=1S/C8H15O2/c1-6(2)4-7(3)5-8(9)10/h6-7H,3-5H2,1-2H3,(H,9,10). The van der Waals surface area contributed by atoms with Gasteiger partial charge in [0.25, 0.3) is 0 Å². The lowest BCUT2D eigenvalue weighted by Gasteiger charge is -2.09. The van der Waals surface area contributed by atoms with Gasteiger partial charge in [0, 0.05) is 6.42 Å². The normalized spacial score (nSPS) is 13.6. The predicted molar refractivity (Wildman–Crippen MR) is 40.6 cm³/mol. The minimum absolute atomic E-state index is 0.0671. The van der Waals surface area contributed by atoms with Crippen LogP contribution < -0.4 is 0 Å². The second-order valence-corrected chi connectivity index (χ2v) is 3.09. The molecular formula is C8H15O2. The van der Waals surface area contributed by atoms with Gasteiger partial charge in [-0.25, -0.2) is 0 Å². The van der Waals surface area contributed by atoms with E-state index >= 15 is 0 Å². The van der Waals surface area contributed by atoms with Crippen LogP contribution in [0.1, 0.15) is 26.7 Å².